The zero-order chi connectivity index (χ0) is 22.2. The lowest BCUT2D eigenvalue weighted by Gasteiger charge is -2.12. The molecule has 3 aromatic carbocycles. The second kappa shape index (κ2) is 10.9. The van der Waals surface area contributed by atoms with Crippen molar-refractivity contribution in [3.63, 3.8) is 0 Å². The quantitative estimate of drug-likeness (QED) is 0.312. The Morgan fingerprint density at radius 1 is 0.935 bits per heavy atom. The van der Waals surface area contributed by atoms with Crippen LogP contribution in [-0.2, 0) is 11.2 Å². The number of carbonyl (C=O) groups is 2. The lowest BCUT2D eigenvalue weighted by Crippen LogP contribution is -2.34. The molecule has 8 heteroatoms. The summed E-state index contributed by atoms with van der Waals surface area (Å²) >= 11 is 7.36. The van der Waals surface area contributed by atoms with Crippen LogP contribution in [0.2, 0.25) is 0 Å². The highest BCUT2D eigenvalue weighted by Gasteiger charge is 2.11. The molecule has 0 saturated carbocycles. The van der Waals surface area contributed by atoms with Crippen molar-refractivity contribution in [2.75, 3.05) is 17.7 Å². The smallest absolute Gasteiger partial charge is 0.257 e. The zero-order valence-corrected chi connectivity index (χ0v) is 19.6. The van der Waals surface area contributed by atoms with Gasteiger partial charge in [0.15, 0.2) is 5.11 Å². The van der Waals surface area contributed by atoms with Crippen molar-refractivity contribution < 1.29 is 14.3 Å². The van der Waals surface area contributed by atoms with Gasteiger partial charge in [0.1, 0.15) is 5.75 Å². The highest BCUT2D eigenvalue weighted by atomic mass is 127. The molecule has 0 fully saturated rings. The van der Waals surface area contributed by atoms with Crippen LogP contribution in [0.1, 0.15) is 15.9 Å². The van der Waals surface area contributed by atoms with Gasteiger partial charge < -0.3 is 15.4 Å². The van der Waals surface area contributed by atoms with E-state index in [1.165, 1.54) is 0 Å². The molecule has 3 N–H and O–H groups in total. The maximum Gasteiger partial charge on any atom is 0.257 e. The Hall–Kier alpha value is -2.98. The zero-order valence-electron chi connectivity index (χ0n) is 16.6. The Kier molecular flexibility index (Phi) is 7.96. The van der Waals surface area contributed by atoms with Gasteiger partial charge in [-0.05, 0) is 76.8 Å². The number of thiocarbonyl (C=S) groups is 1. The molecular weight excluding hydrogens is 525 g/mol. The van der Waals surface area contributed by atoms with E-state index < -0.39 is 0 Å². The lowest BCUT2D eigenvalue weighted by molar-refractivity contribution is -0.115. The second-order valence-electron chi connectivity index (χ2n) is 6.55. The van der Waals surface area contributed by atoms with Gasteiger partial charge in [0.05, 0.1) is 17.1 Å². The van der Waals surface area contributed by atoms with E-state index in [1.54, 1.807) is 49.6 Å². The molecule has 0 unspecified atom stereocenters. The van der Waals surface area contributed by atoms with Gasteiger partial charge in [0, 0.05) is 16.9 Å². The van der Waals surface area contributed by atoms with Gasteiger partial charge in [-0.1, -0.05) is 36.4 Å². The normalized spacial score (nSPS) is 10.1. The number of amides is 2. The number of ether oxygens (including phenoxy) is 1. The monoisotopic (exact) mass is 545 g/mol. The van der Waals surface area contributed by atoms with Gasteiger partial charge in [-0.2, -0.15) is 0 Å². The van der Waals surface area contributed by atoms with E-state index in [9.17, 15) is 9.59 Å². The summed E-state index contributed by atoms with van der Waals surface area (Å²) in [5.74, 6) is 0.253. The lowest BCUT2D eigenvalue weighted by atomic mass is 10.1. The maximum absolute atomic E-state index is 12.4. The van der Waals surface area contributed by atoms with Crippen LogP contribution in [-0.4, -0.2) is 24.0 Å². The van der Waals surface area contributed by atoms with Gasteiger partial charge >= 0.3 is 0 Å². The minimum atomic E-state index is -0.328. The highest BCUT2D eigenvalue weighted by molar-refractivity contribution is 14.1. The van der Waals surface area contributed by atoms with Crippen LogP contribution in [0.25, 0.3) is 0 Å². The molecule has 0 heterocycles. The van der Waals surface area contributed by atoms with Crippen LogP contribution >= 0.6 is 34.8 Å². The molecular formula is C23H20IN3O3S. The number of carbonyl (C=O) groups excluding carboxylic acids is 2. The van der Waals surface area contributed by atoms with Crippen LogP contribution in [0.4, 0.5) is 11.4 Å². The Morgan fingerprint density at radius 3 is 2.32 bits per heavy atom. The molecule has 2 amide bonds. The van der Waals surface area contributed by atoms with E-state index in [0.717, 1.165) is 9.13 Å². The van der Waals surface area contributed by atoms with Crippen molar-refractivity contribution >= 4 is 63.1 Å². The van der Waals surface area contributed by atoms with E-state index in [4.69, 9.17) is 17.0 Å². The molecule has 3 aromatic rings. The number of halogens is 1. The summed E-state index contributed by atoms with van der Waals surface area (Å²) in [6, 6.07) is 21.8. The predicted octanol–water partition coefficient (Wildman–Crippen LogP) is 4.61. The molecule has 6 nitrogen and oxygen atoms in total. The predicted molar refractivity (Wildman–Crippen MR) is 135 cm³/mol. The molecule has 0 atom stereocenters. The third-order valence-electron chi connectivity index (χ3n) is 4.25. The molecule has 0 radical (unpaired) electrons. The van der Waals surface area contributed by atoms with Crippen molar-refractivity contribution in [3.05, 3.63) is 87.5 Å². The number of methoxy groups -OCH3 is 1. The van der Waals surface area contributed by atoms with Crippen molar-refractivity contribution in [1.29, 1.82) is 0 Å². The number of hydrogen-bond donors (Lipinski definition) is 3. The average Bonchev–Trinajstić information content (AvgIpc) is 2.74. The van der Waals surface area contributed by atoms with Gasteiger partial charge in [-0.15, -0.1) is 0 Å². The average molecular weight is 545 g/mol. The molecule has 0 bridgehead atoms. The summed E-state index contributed by atoms with van der Waals surface area (Å²) in [6.45, 7) is 0. The van der Waals surface area contributed by atoms with Crippen LogP contribution in [0.3, 0.4) is 0 Å². The van der Waals surface area contributed by atoms with E-state index >= 15 is 0 Å². The summed E-state index contributed by atoms with van der Waals surface area (Å²) in [5.41, 5.74) is 2.68. The first-order valence-corrected chi connectivity index (χ1v) is 10.8. The fourth-order valence-electron chi connectivity index (χ4n) is 2.81. The molecule has 0 saturated heterocycles. The summed E-state index contributed by atoms with van der Waals surface area (Å²) in [7, 11) is 1.58. The number of rotatable bonds is 6. The first-order valence-electron chi connectivity index (χ1n) is 9.34. The Morgan fingerprint density at radius 2 is 1.65 bits per heavy atom. The number of benzene rings is 3. The number of hydrogen-bond acceptors (Lipinski definition) is 4. The first-order chi connectivity index (χ1) is 14.9. The van der Waals surface area contributed by atoms with Crippen LogP contribution in [0.15, 0.2) is 72.8 Å². The molecule has 0 aliphatic rings. The van der Waals surface area contributed by atoms with Gasteiger partial charge in [0.25, 0.3) is 5.91 Å². The second-order valence-corrected chi connectivity index (χ2v) is 8.12. The fourth-order valence-corrected chi connectivity index (χ4v) is 3.75. The molecule has 0 aliphatic carbocycles. The van der Waals surface area contributed by atoms with Crippen LogP contribution in [0.5, 0.6) is 5.75 Å². The number of nitrogens with one attached hydrogen (secondary N) is 3. The topological polar surface area (TPSA) is 79.5 Å². The minimum absolute atomic E-state index is 0.117. The van der Waals surface area contributed by atoms with Crippen molar-refractivity contribution in [2.45, 2.75) is 6.42 Å². The summed E-state index contributed by atoms with van der Waals surface area (Å²) < 4.78 is 6.03. The van der Waals surface area contributed by atoms with Gasteiger partial charge in [-0.3, -0.25) is 14.9 Å². The van der Waals surface area contributed by atoms with Crippen molar-refractivity contribution in [1.82, 2.24) is 5.32 Å². The molecule has 0 spiro atoms. The van der Waals surface area contributed by atoms with Crippen molar-refractivity contribution in [2.24, 2.45) is 0 Å². The molecule has 158 valence electrons. The maximum atomic E-state index is 12.4. The van der Waals surface area contributed by atoms with E-state index in [-0.39, 0.29) is 23.3 Å². The molecule has 0 aliphatic heterocycles. The Balaban J connectivity index is 1.57. The summed E-state index contributed by atoms with van der Waals surface area (Å²) in [6.07, 6.45) is 0.285. The third kappa shape index (κ3) is 6.76. The standard InChI is InChI=1S/C23H20IN3O3S/c1-30-20-11-10-16(13-19(20)24)22(29)27-23(31)26-18-9-5-8-17(14-18)25-21(28)12-15-6-3-2-4-7-15/h2-11,13-14H,12H2,1H3,(H,25,28)(H2,26,27,29,31). The third-order valence-corrected chi connectivity index (χ3v) is 5.30. The summed E-state index contributed by atoms with van der Waals surface area (Å²) in [5, 5.41) is 8.64. The van der Waals surface area contributed by atoms with E-state index in [1.807, 2.05) is 30.3 Å². The minimum Gasteiger partial charge on any atom is -0.496 e. The van der Waals surface area contributed by atoms with Gasteiger partial charge in [0.2, 0.25) is 5.91 Å². The SMILES string of the molecule is COc1ccc(C(=O)NC(=S)Nc2cccc(NC(=O)Cc3ccccc3)c2)cc1I. The Labute approximate surface area is 199 Å². The van der Waals surface area contributed by atoms with E-state index in [0.29, 0.717) is 22.7 Å². The first kappa shape index (κ1) is 22.7. The largest absolute Gasteiger partial charge is 0.496 e. The van der Waals surface area contributed by atoms with Crippen molar-refractivity contribution in [3.8, 4) is 5.75 Å². The van der Waals surface area contributed by atoms with E-state index in [2.05, 4.69) is 38.5 Å². The number of anilines is 2. The van der Waals surface area contributed by atoms with Gasteiger partial charge in [-0.25, -0.2) is 0 Å². The molecule has 31 heavy (non-hydrogen) atoms. The van der Waals surface area contributed by atoms with Crippen LogP contribution in [0, 0.1) is 3.57 Å². The molecule has 0 aromatic heterocycles. The molecule has 3 rings (SSSR count). The fraction of sp³-hybridized carbons (Fsp3) is 0.0870. The van der Waals surface area contributed by atoms with Crippen LogP contribution < -0.4 is 20.7 Å². The summed E-state index contributed by atoms with van der Waals surface area (Å²) in [4.78, 5) is 24.7. The highest BCUT2D eigenvalue weighted by Crippen LogP contribution is 2.21. The Bertz CT molecular complexity index is 1110.